The summed E-state index contributed by atoms with van der Waals surface area (Å²) in [6.45, 7) is 4.46. The summed E-state index contributed by atoms with van der Waals surface area (Å²) in [6, 6.07) is 11.8. The lowest BCUT2D eigenvalue weighted by atomic mass is 10.2. The molecule has 4 heterocycles. The Balaban J connectivity index is 1.55. The van der Waals surface area contributed by atoms with E-state index in [4.69, 9.17) is 4.98 Å². The van der Waals surface area contributed by atoms with Crippen molar-refractivity contribution in [3.63, 3.8) is 0 Å². The van der Waals surface area contributed by atoms with Gasteiger partial charge in [-0.3, -0.25) is 9.78 Å². The van der Waals surface area contributed by atoms with Crippen molar-refractivity contribution in [2.45, 2.75) is 20.4 Å². The molecule has 5 rings (SSSR count). The van der Waals surface area contributed by atoms with E-state index < -0.39 is 0 Å². The van der Waals surface area contributed by atoms with Gasteiger partial charge in [0.25, 0.3) is 5.56 Å². The first kappa shape index (κ1) is 18.8. The number of anilines is 1. The summed E-state index contributed by atoms with van der Waals surface area (Å²) < 4.78 is 1.93. The van der Waals surface area contributed by atoms with Gasteiger partial charge in [-0.25, -0.2) is 9.97 Å². The fourth-order valence-corrected chi connectivity index (χ4v) is 3.70. The Morgan fingerprint density at radius 3 is 2.84 bits per heavy atom. The van der Waals surface area contributed by atoms with Crippen molar-refractivity contribution in [1.29, 1.82) is 0 Å². The lowest BCUT2D eigenvalue weighted by Gasteiger charge is -2.09. The number of fused-ring (bicyclic) bond motifs is 1. The zero-order chi connectivity index (χ0) is 21.4. The molecule has 0 unspecified atom stereocenters. The number of aromatic amines is 2. The number of H-pyrrole nitrogens is 2. The third-order valence-electron chi connectivity index (χ3n) is 5.17. The molecule has 0 aliphatic rings. The Bertz CT molecular complexity index is 1430. The van der Waals surface area contributed by atoms with Gasteiger partial charge in [0, 0.05) is 30.0 Å². The number of hydrogen-bond acceptors (Lipinski definition) is 5. The highest BCUT2D eigenvalue weighted by molar-refractivity contribution is 5.86. The monoisotopic (exact) mass is 411 g/mol. The second-order valence-electron chi connectivity index (χ2n) is 7.43. The van der Waals surface area contributed by atoms with Gasteiger partial charge in [0.1, 0.15) is 11.4 Å². The van der Waals surface area contributed by atoms with E-state index in [2.05, 4.69) is 25.3 Å². The van der Waals surface area contributed by atoms with Crippen molar-refractivity contribution in [2.24, 2.45) is 0 Å². The van der Waals surface area contributed by atoms with E-state index in [-0.39, 0.29) is 5.56 Å². The Labute approximate surface area is 178 Å². The summed E-state index contributed by atoms with van der Waals surface area (Å²) in [7, 11) is 0. The number of pyridine rings is 2. The number of benzene rings is 1. The molecule has 4 aromatic heterocycles. The normalized spacial score (nSPS) is 11.2. The van der Waals surface area contributed by atoms with E-state index in [1.165, 1.54) is 0 Å². The van der Waals surface area contributed by atoms with Gasteiger partial charge >= 0.3 is 0 Å². The molecule has 154 valence electrons. The molecule has 5 aromatic rings. The van der Waals surface area contributed by atoms with Crippen molar-refractivity contribution in [3.05, 3.63) is 88.6 Å². The molecular weight excluding hydrogens is 390 g/mol. The first-order valence-electron chi connectivity index (χ1n) is 9.95. The first-order chi connectivity index (χ1) is 15.1. The van der Waals surface area contributed by atoms with Gasteiger partial charge in [-0.2, -0.15) is 0 Å². The van der Waals surface area contributed by atoms with Crippen LogP contribution in [0.1, 0.15) is 17.0 Å². The van der Waals surface area contributed by atoms with Gasteiger partial charge in [-0.15, -0.1) is 0 Å². The van der Waals surface area contributed by atoms with E-state index in [1.807, 2.05) is 61.0 Å². The largest absolute Gasteiger partial charge is 0.379 e. The molecule has 8 nitrogen and oxygen atoms in total. The lowest BCUT2D eigenvalue weighted by molar-refractivity contribution is 1.01. The second-order valence-corrected chi connectivity index (χ2v) is 7.43. The highest BCUT2D eigenvalue weighted by Crippen LogP contribution is 2.27. The van der Waals surface area contributed by atoms with Crippen LogP contribution < -0.4 is 10.9 Å². The molecule has 8 heteroatoms. The topological polar surface area (TPSA) is 104 Å². The highest BCUT2D eigenvalue weighted by Gasteiger charge is 2.16. The number of rotatable bonds is 5. The molecule has 0 bridgehead atoms. The standard InChI is InChI=1S/C23H21N7O/c1-14-10-17(30-9-8-24-13-30)11-19-21(14)29-22(28-19)20-18(6-7-25-23(20)31)26-12-16-5-3-4-15(2)27-16/h3-11,13H,12H2,1-2H3,(H,28,29)(H2,25,26,31). The molecule has 0 fully saturated rings. The molecule has 0 aliphatic carbocycles. The van der Waals surface area contributed by atoms with E-state index in [0.717, 1.165) is 33.7 Å². The predicted molar refractivity (Wildman–Crippen MR) is 120 cm³/mol. The van der Waals surface area contributed by atoms with Gasteiger partial charge in [0.15, 0.2) is 0 Å². The molecule has 31 heavy (non-hydrogen) atoms. The highest BCUT2D eigenvalue weighted by atomic mass is 16.1. The number of aromatic nitrogens is 6. The van der Waals surface area contributed by atoms with Gasteiger partial charge in [0.05, 0.1) is 35.3 Å². The maximum Gasteiger partial charge on any atom is 0.261 e. The van der Waals surface area contributed by atoms with Crippen LogP contribution in [0.25, 0.3) is 28.1 Å². The summed E-state index contributed by atoms with van der Waals surface area (Å²) in [5, 5.41) is 3.33. The zero-order valence-corrected chi connectivity index (χ0v) is 17.2. The van der Waals surface area contributed by atoms with Gasteiger partial charge in [-0.05, 0) is 49.7 Å². The van der Waals surface area contributed by atoms with Crippen LogP contribution in [0.3, 0.4) is 0 Å². The summed E-state index contributed by atoms with van der Waals surface area (Å²) in [4.78, 5) is 32.2. The Kier molecular flexibility index (Phi) is 4.59. The first-order valence-corrected chi connectivity index (χ1v) is 9.95. The summed E-state index contributed by atoms with van der Waals surface area (Å²) in [5.74, 6) is 0.516. The fraction of sp³-hybridized carbons (Fsp3) is 0.130. The van der Waals surface area contributed by atoms with Crippen LogP contribution in [0.4, 0.5) is 5.69 Å². The van der Waals surface area contributed by atoms with Gasteiger partial charge in [-0.1, -0.05) is 6.07 Å². The van der Waals surface area contributed by atoms with Crippen molar-refractivity contribution < 1.29 is 0 Å². The number of aryl methyl sites for hydroxylation is 2. The van der Waals surface area contributed by atoms with Crippen LogP contribution in [0.2, 0.25) is 0 Å². The Morgan fingerprint density at radius 1 is 1.13 bits per heavy atom. The molecule has 1 aromatic carbocycles. The quantitative estimate of drug-likeness (QED) is 0.409. The molecule has 0 amide bonds. The van der Waals surface area contributed by atoms with Gasteiger partial charge in [0.2, 0.25) is 0 Å². The third kappa shape index (κ3) is 3.59. The average Bonchev–Trinajstić information content (AvgIpc) is 3.42. The van der Waals surface area contributed by atoms with Crippen LogP contribution >= 0.6 is 0 Å². The van der Waals surface area contributed by atoms with Crippen LogP contribution in [-0.4, -0.2) is 29.5 Å². The van der Waals surface area contributed by atoms with Crippen LogP contribution in [-0.2, 0) is 6.54 Å². The zero-order valence-electron chi connectivity index (χ0n) is 17.2. The molecule has 0 aliphatic heterocycles. The third-order valence-corrected chi connectivity index (χ3v) is 5.17. The van der Waals surface area contributed by atoms with Crippen LogP contribution in [0, 0.1) is 13.8 Å². The van der Waals surface area contributed by atoms with E-state index in [9.17, 15) is 4.79 Å². The maximum absolute atomic E-state index is 12.7. The molecule has 0 spiro atoms. The van der Waals surface area contributed by atoms with Gasteiger partial charge < -0.3 is 19.9 Å². The van der Waals surface area contributed by atoms with E-state index in [1.54, 1.807) is 18.7 Å². The maximum atomic E-state index is 12.7. The molecule has 0 saturated heterocycles. The van der Waals surface area contributed by atoms with E-state index in [0.29, 0.717) is 23.6 Å². The minimum absolute atomic E-state index is 0.214. The Hall–Kier alpha value is -4.20. The minimum atomic E-state index is -0.214. The molecule has 0 saturated carbocycles. The SMILES string of the molecule is Cc1cccc(CNc2cc[nH]c(=O)c2-c2nc3c(C)cc(-n4ccnc4)cc3[nH]2)n1. The van der Waals surface area contributed by atoms with Crippen molar-refractivity contribution in [2.75, 3.05) is 5.32 Å². The Morgan fingerprint density at radius 2 is 2.03 bits per heavy atom. The molecular formula is C23H21N7O. The predicted octanol–water partition coefficient (Wildman–Crippen LogP) is 3.73. The fourth-order valence-electron chi connectivity index (χ4n) is 3.70. The number of imidazole rings is 2. The lowest BCUT2D eigenvalue weighted by Crippen LogP contribution is -2.13. The summed E-state index contributed by atoms with van der Waals surface area (Å²) in [6.07, 6.45) is 7.01. The average molecular weight is 411 g/mol. The van der Waals surface area contributed by atoms with Crippen LogP contribution in [0.5, 0.6) is 0 Å². The van der Waals surface area contributed by atoms with E-state index >= 15 is 0 Å². The molecule has 0 atom stereocenters. The van der Waals surface area contributed by atoms with Crippen molar-refractivity contribution >= 4 is 16.7 Å². The minimum Gasteiger partial charge on any atom is -0.379 e. The molecule has 0 radical (unpaired) electrons. The number of nitrogens with one attached hydrogen (secondary N) is 3. The summed E-state index contributed by atoms with van der Waals surface area (Å²) in [5.41, 5.74) is 6.46. The molecule has 3 N–H and O–H groups in total. The summed E-state index contributed by atoms with van der Waals surface area (Å²) >= 11 is 0. The second kappa shape index (κ2) is 7.56. The van der Waals surface area contributed by atoms with Crippen molar-refractivity contribution in [3.8, 4) is 17.1 Å². The number of hydrogen-bond donors (Lipinski definition) is 3. The van der Waals surface area contributed by atoms with Crippen LogP contribution in [0.15, 0.2) is 66.1 Å². The van der Waals surface area contributed by atoms with Crippen molar-refractivity contribution in [1.82, 2.24) is 29.5 Å². The number of nitrogens with zero attached hydrogens (tertiary/aromatic N) is 4. The smallest absolute Gasteiger partial charge is 0.261 e.